The number of anilines is 1. The largest absolute Gasteiger partial charge is 0.379 e. The SMILES string of the molecule is CC(CN1CCOCC1)Nc1ccc(S(N)(=O)=O)cc1F. The summed E-state index contributed by atoms with van der Waals surface area (Å²) in [6.45, 7) is 5.86. The number of benzene rings is 1. The number of hydrogen-bond acceptors (Lipinski definition) is 5. The van der Waals surface area contributed by atoms with Crippen molar-refractivity contribution in [1.82, 2.24) is 4.90 Å². The van der Waals surface area contributed by atoms with Crippen LogP contribution in [0.3, 0.4) is 0 Å². The molecule has 1 atom stereocenters. The number of nitrogens with one attached hydrogen (secondary N) is 1. The van der Waals surface area contributed by atoms with E-state index in [4.69, 9.17) is 9.88 Å². The molecular weight excluding hydrogens is 297 g/mol. The Morgan fingerprint density at radius 1 is 1.43 bits per heavy atom. The van der Waals surface area contributed by atoms with E-state index in [9.17, 15) is 12.8 Å². The van der Waals surface area contributed by atoms with Crippen molar-refractivity contribution in [2.75, 3.05) is 38.2 Å². The van der Waals surface area contributed by atoms with Gasteiger partial charge in [0.25, 0.3) is 0 Å². The van der Waals surface area contributed by atoms with Gasteiger partial charge in [0.2, 0.25) is 10.0 Å². The summed E-state index contributed by atoms with van der Waals surface area (Å²) in [5.41, 5.74) is 0.267. The molecule has 0 amide bonds. The minimum atomic E-state index is -3.88. The lowest BCUT2D eigenvalue weighted by Crippen LogP contribution is -2.42. The van der Waals surface area contributed by atoms with E-state index < -0.39 is 15.8 Å². The van der Waals surface area contributed by atoms with Crippen LogP contribution >= 0.6 is 0 Å². The molecule has 1 unspecified atom stereocenters. The molecule has 0 aliphatic carbocycles. The van der Waals surface area contributed by atoms with Crippen molar-refractivity contribution >= 4 is 15.7 Å². The molecule has 21 heavy (non-hydrogen) atoms. The zero-order valence-electron chi connectivity index (χ0n) is 11.9. The van der Waals surface area contributed by atoms with Gasteiger partial charge in [-0.05, 0) is 25.1 Å². The van der Waals surface area contributed by atoms with Gasteiger partial charge >= 0.3 is 0 Å². The van der Waals surface area contributed by atoms with Crippen molar-refractivity contribution in [2.45, 2.75) is 17.9 Å². The zero-order valence-corrected chi connectivity index (χ0v) is 12.7. The van der Waals surface area contributed by atoms with Crippen molar-refractivity contribution in [3.05, 3.63) is 24.0 Å². The molecule has 3 N–H and O–H groups in total. The van der Waals surface area contributed by atoms with Crippen molar-refractivity contribution in [1.29, 1.82) is 0 Å². The van der Waals surface area contributed by atoms with Crippen LogP contribution < -0.4 is 10.5 Å². The summed E-state index contributed by atoms with van der Waals surface area (Å²) in [6.07, 6.45) is 0. The first-order valence-corrected chi connectivity index (χ1v) is 8.30. The smallest absolute Gasteiger partial charge is 0.238 e. The van der Waals surface area contributed by atoms with Crippen LogP contribution in [0.5, 0.6) is 0 Å². The van der Waals surface area contributed by atoms with Gasteiger partial charge in [-0.25, -0.2) is 17.9 Å². The quantitative estimate of drug-likeness (QED) is 0.831. The van der Waals surface area contributed by atoms with E-state index in [1.54, 1.807) is 0 Å². The fraction of sp³-hybridized carbons (Fsp3) is 0.538. The predicted octanol–water partition coefficient (Wildman–Crippen LogP) is 0.606. The highest BCUT2D eigenvalue weighted by Crippen LogP contribution is 2.19. The van der Waals surface area contributed by atoms with Gasteiger partial charge in [-0.15, -0.1) is 0 Å². The van der Waals surface area contributed by atoms with Gasteiger partial charge in [0, 0.05) is 25.7 Å². The first-order chi connectivity index (χ1) is 9.86. The Labute approximate surface area is 124 Å². The van der Waals surface area contributed by atoms with Crippen LogP contribution in [-0.2, 0) is 14.8 Å². The molecular formula is C13H20FN3O3S. The molecule has 1 aromatic carbocycles. The summed E-state index contributed by atoms with van der Waals surface area (Å²) in [5, 5.41) is 8.01. The average Bonchev–Trinajstić information content (AvgIpc) is 2.41. The van der Waals surface area contributed by atoms with Gasteiger partial charge in [-0.2, -0.15) is 0 Å². The molecule has 0 radical (unpaired) electrons. The van der Waals surface area contributed by atoms with Gasteiger partial charge in [-0.3, -0.25) is 4.90 Å². The minimum absolute atomic E-state index is 0.0259. The third-order valence-corrected chi connectivity index (χ3v) is 4.22. The first-order valence-electron chi connectivity index (χ1n) is 6.75. The fourth-order valence-corrected chi connectivity index (χ4v) is 2.80. The summed E-state index contributed by atoms with van der Waals surface area (Å²) >= 11 is 0. The van der Waals surface area contributed by atoms with Crippen molar-refractivity contribution in [3.8, 4) is 0 Å². The average molecular weight is 317 g/mol. The number of ether oxygens (including phenoxy) is 1. The van der Waals surface area contributed by atoms with Gasteiger partial charge < -0.3 is 10.1 Å². The van der Waals surface area contributed by atoms with Crippen LogP contribution in [0.2, 0.25) is 0 Å². The molecule has 6 nitrogen and oxygen atoms in total. The van der Waals surface area contributed by atoms with Crippen LogP contribution in [0.4, 0.5) is 10.1 Å². The number of nitrogens with two attached hydrogens (primary N) is 1. The van der Waals surface area contributed by atoms with E-state index in [2.05, 4.69) is 10.2 Å². The topological polar surface area (TPSA) is 84.7 Å². The van der Waals surface area contributed by atoms with E-state index >= 15 is 0 Å². The molecule has 1 aliphatic rings. The number of sulfonamides is 1. The van der Waals surface area contributed by atoms with Gasteiger partial charge in [0.15, 0.2) is 0 Å². The molecule has 0 bridgehead atoms. The second-order valence-electron chi connectivity index (χ2n) is 5.15. The Bertz CT molecular complexity index is 588. The van der Waals surface area contributed by atoms with Gasteiger partial charge in [0.05, 0.1) is 23.8 Å². The second kappa shape index (κ2) is 6.69. The van der Waals surface area contributed by atoms with E-state index in [1.807, 2.05) is 6.92 Å². The normalized spacial score (nSPS) is 18.4. The lowest BCUT2D eigenvalue weighted by atomic mass is 10.2. The number of primary sulfonamides is 1. The maximum atomic E-state index is 13.9. The molecule has 8 heteroatoms. The lowest BCUT2D eigenvalue weighted by Gasteiger charge is -2.29. The van der Waals surface area contributed by atoms with Crippen LogP contribution in [0.15, 0.2) is 23.1 Å². The Kier molecular flexibility index (Phi) is 5.15. The first kappa shape index (κ1) is 16.2. The monoisotopic (exact) mass is 317 g/mol. The highest BCUT2D eigenvalue weighted by molar-refractivity contribution is 7.89. The Morgan fingerprint density at radius 3 is 2.67 bits per heavy atom. The van der Waals surface area contributed by atoms with Crippen LogP contribution in [0.1, 0.15) is 6.92 Å². The molecule has 0 aromatic heterocycles. The third kappa shape index (κ3) is 4.63. The summed E-state index contributed by atoms with van der Waals surface area (Å²) in [4.78, 5) is 2.00. The highest BCUT2D eigenvalue weighted by atomic mass is 32.2. The van der Waals surface area contributed by atoms with E-state index in [0.717, 1.165) is 25.7 Å². The molecule has 1 aliphatic heterocycles. The molecule has 1 fully saturated rings. The maximum Gasteiger partial charge on any atom is 0.238 e. The van der Waals surface area contributed by atoms with Crippen LogP contribution in [-0.4, -0.2) is 52.2 Å². The summed E-state index contributed by atoms with van der Waals surface area (Å²) in [7, 11) is -3.88. The number of rotatable bonds is 5. The van der Waals surface area contributed by atoms with E-state index in [1.165, 1.54) is 12.1 Å². The maximum absolute atomic E-state index is 13.9. The number of morpholine rings is 1. The summed E-state index contributed by atoms with van der Waals surface area (Å²) in [5.74, 6) is -0.629. The number of halogens is 1. The van der Waals surface area contributed by atoms with Crippen LogP contribution in [0.25, 0.3) is 0 Å². The Balaban J connectivity index is 1.98. The molecule has 118 valence electrons. The third-order valence-electron chi connectivity index (χ3n) is 3.31. The van der Waals surface area contributed by atoms with Crippen molar-refractivity contribution in [3.63, 3.8) is 0 Å². The second-order valence-corrected chi connectivity index (χ2v) is 6.71. The number of nitrogens with zero attached hydrogens (tertiary/aromatic N) is 1. The lowest BCUT2D eigenvalue weighted by molar-refractivity contribution is 0.0368. The zero-order chi connectivity index (χ0) is 15.5. The fourth-order valence-electron chi connectivity index (χ4n) is 2.27. The molecule has 0 saturated carbocycles. The minimum Gasteiger partial charge on any atom is -0.379 e. The molecule has 1 aromatic rings. The van der Waals surface area contributed by atoms with Crippen molar-refractivity contribution < 1.29 is 17.5 Å². The molecule has 0 spiro atoms. The summed E-state index contributed by atoms with van der Waals surface area (Å²) in [6, 6.07) is 3.64. The summed E-state index contributed by atoms with van der Waals surface area (Å²) < 4.78 is 41.5. The Hall–Kier alpha value is -1.22. The molecule has 1 saturated heterocycles. The van der Waals surface area contributed by atoms with Gasteiger partial charge in [-0.1, -0.05) is 0 Å². The van der Waals surface area contributed by atoms with E-state index in [-0.39, 0.29) is 16.6 Å². The standard InChI is InChI=1S/C13H20FN3O3S/c1-10(9-17-4-6-20-7-5-17)16-13-3-2-11(8-12(13)14)21(15,18)19/h2-3,8,10,16H,4-7,9H2,1H3,(H2,15,18,19). The molecule has 2 rings (SSSR count). The highest BCUT2D eigenvalue weighted by Gasteiger charge is 2.16. The van der Waals surface area contributed by atoms with Crippen molar-refractivity contribution in [2.24, 2.45) is 5.14 Å². The van der Waals surface area contributed by atoms with E-state index in [0.29, 0.717) is 13.2 Å². The Morgan fingerprint density at radius 2 is 2.10 bits per heavy atom. The van der Waals surface area contributed by atoms with Crippen LogP contribution in [0, 0.1) is 5.82 Å². The van der Waals surface area contributed by atoms with Gasteiger partial charge in [0.1, 0.15) is 5.82 Å². The molecule has 1 heterocycles. The number of hydrogen-bond donors (Lipinski definition) is 2. The predicted molar refractivity (Wildman–Crippen MR) is 78.1 cm³/mol.